The number of fused-ring (bicyclic) bond motifs is 2. The van der Waals surface area contributed by atoms with Crippen LogP contribution >= 0.6 is 0 Å². The van der Waals surface area contributed by atoms with Crippen LogP contribution in [-0.4, -0.2) is 8.07 Å². The fraction of sp³-hybridized carbons (Fsp3) is 0.200. The van der Waals surface area contributed by atoms with Crippen molar-refractivity contribution < 1.29 is 51.0 Å². The van der Waals surface area contributed by atoms with Crippen molar-refractivity contribution >= 4 is 14.1 Å². The zero-order valence-corrected chi connectivity index (χ0v) is 18.8. The zero-order valence-electron chi connectivity index (χ0n) is 13.8. The van der Waals surface area contributed by atoms with Crippen LogP contribution in [0, 0.1) is 5.92 Å². The van der Waals surface area contributed by atoms with E-state index in [0.717, 1.165) is 0 Å². The molecule has 2 atom stereocenters. The first-order valence-corrected chi connectivity index (χ1v) is 10.8. The van der Waals surface area contributed by atoms with E-state index in [4.69, 9.17) is 0 Å². The Balaban J connectivity index is 0.000000960. The van der Waals surface area contributed by atoms with Crippen molar-refractivity contribution in [2.45, 2.75) is 18.6 Å². The van der Waals surface area contributed by atoms with Crippen LogP contribution in [0.5, 0.6) is 0 Å². The molecule has 24 heavy (non-hydrogen) atoms. The molecule has 0 spiro atoms. The molecule has 0 nitrogen and oxygen atoms in total. The molecule has 1 aromatic carbocycles. The zero-order chi connectivity index (χ0) is 14.4. The van der Waals surface area contributed by atoms with E-state index in [1.807, 2.05) is 0 Å². The number of rotatable bonds is 2. The number of allylic oxidation sites excluding steroid dienone is 9. The van der Waals surface area contributed by atoms with E-state index >= 15 is 0 Å². The van der Waals surface area contributed by atoms with E-state index < -0.39 is 8.07 Å². The molecular weight excluding hydrogens is 430 g/mol. The van der Waals surface area contributed by atoms with E-state index in [-0.39, 0.29) is 51.0 Å². The molecule has 0 saturated heterocycles. The summed E-state index contributed by atoms with van der Waals surface area (Å²) in [5, 5.41) is 1.67. The maximum atomic E-state index is 2.53. The Morgan fingerprint density at radius 1 is 0.875 bits per heavy atom. The minimum Gasteiger partial charge on any atom is -1.00 e. The Bertz CT molecular complexity index is 757. The third kappa shape index (κ3) is 3.44. The largest absolute Gasteiger partial charge is 2.00 e. The van der Waals surface area contributed by atoms with Gasteiger partial charge in [-0.2, -0.15) is 0 Å². The summed E-state index contributed by atoms with van der Waals surface area (Å²) in [6, 6.07) is 8.88. The molecule has 4 rings (SSSR count). The second-order valence-corrected chi connectivity index (χ2v) is 11.3. The third-order valence-corrected chi connectivity index (χ3v) is 9.20. The molecule has 122 valence electrons. The molecule has 1 aromatic rings. The van der Waals surface area contributed by atoms with Gasteiger partial charge in [0.05, 0.1) is 8.07 Å². The van der Waals surface area contributed by atoms with Crippen LogP contribution in [-0.2, 0) is 26.2 Å². The van der Waals surface area contributed by atoms with Crippen LogP contribution in [0.1, 0.15) is 16.7 Å². The van der Waals surface area contributed by atoms with Gasteiger partial charge in [0.1, 0.15) is 0 Å². The van der Waals surface area contributed by atoms with Crippen LogP contribution in [0.4, 0.5) is 0 Å². The number of hydrogen-bond acceptors (Lipinski definition) is 0. The molecule has 4 heteroatoms. The second kappa shape index (κ2) is 8.32. The maximum Gasteiger partial charge on any atom is 2.00 e. The van der Waals surface area contributed by atoms with E-state index in [2.05, 4.69) is 86.0 Å². The molecule has 0 N–H and O–H groups in total. The summed E-state index contributed by atoms with van der Waals surface area (Å²) in [7, 11) is -1.56. The fourth-order valence-electron chi connectivity index (χ4n) is 3.96. The SMILES string of the molecule is C[Si](C)(C1=CC=C2C=CC=CC21)C1C=Cc2ccccc21.[Cl-].[Cl-].[Zr+2]. The average molecular weight is 451 g/mol. The standard InChI is InChI=1S/C20H20Si.2ClH.Zr/c1-21(2,19-13-11-15-7-3-5-9-17(15)19)20-14-12-16-8-4-6-10-18(16)20;;;/h3-14,17,20H,1-2H3;2*1H;/q;;;+2/p-2. The Morgan fingerprint density at radius 3 is 2.42 bits per heavy atom. The molecule has 0 aliphatic heterocycles. The molecule has 0 fully saturated rings. The summed E-state index contributed by atoms with van der Waals surface area (Å²) in [6.45, 7) is 5.05. The van der Waals surface area contributed by atoms with Gasteiger partial charge in [0.25, 0.3) is 0 Å². The summed E-state index contributed by atoms with van der Waals surface area (Å²) in [4.78, 5) is 0. The summed E-state index contributed by atoms with van der Waals surface area (Å²) in [5.41, 5.74) is 5.00. The summed E-state index contributed by atoms with van der Waals surface area (Å²) in [5.74, 6) is 0.526. The summed E-state index contributed by atoms with van der Waals surface area (Å²) < 4.78 is 0. The van der Waals surface area contributed by atoms with E-state index in [0.29, 0.717) is 11.5 Å². The van der Waals surface area contributed by atoms with Gasteiger partial charge in [-0.25, -0.2) is 0 Å². The third-order valence-electron chi connectivity index (χ3n) is 5.17. The molecular formula is C20H20Cl2SiZr. The van der Waals surface area contributed by atoms with Gasteiger partial charge in [0.15, 0.2) is 0 Å². The van der Waals surface area contributed by atoms with E-state index in [1.165, 1.54) is 16.7 Å². The van der Waals surface area contributed by atoms with Gasteiger partial charge in [-0.05, 0) is 16.7 Å². The monoisotopic (exact) mass is 448 g/mol. The Labute approximate surface area is 177 Å². The second-order valence-electron chi connectivity index (χ2n) is 6.70. The number of benzene rings is 1. The Hall–Kier alpha value is -0.400. The fourth-order valence-corrected chi connectivity index (χ4v) is 7.52. The molecule has 0 bridgehead atoms. The Morgan fingerprint density at radius 2 is 1.62 bits per heavy atom. The topological polar surface area (TPSA) is 0 Å². The maximum absolute atomic E-state index is 2.53. The first kappa shape index (κ1) is 21.6. The predicted octanol–water partition coefficient (Wildman–Crippen LogP) is -0.802. The quantitative estimate of drug-likeness (QED) is 0.518. The van der Waals surface area contributed by atoms with Crippen molar-refractivity contribution in [3.8, 4) is 0 Å². The number of halogens is 2. The molecule has 3 aliphatic rings. The molecule has 0 saturated carbocycles. The van der Waals surface area contributed by atoms with Crippen LogP contribution in [0.3, 0.4) is 0 Å². The van der Waals surface area contributed by atoms with Gasteiger partial charge in [-0.15, -0.1) is 0 Å². The van der Waals surface area contributed by atoms with Crippen molar-refractivity contribution in [2.75, 3.05) is 0 Å². The summed E-state index contributed by atoms with van der Waals surface area (Å²) >= 11 is 0. The van der Waals surface area contributed by atoms with E-state index in [9.17, 15) is 0 Å². The smallest absolute Gasteiger partial charge is 1.00 e. The van der Waals surface area contributed by atoms with Gasteiger partial charge in [-0.1, -0.05) is 91.2 Å². The molecule has 2 unspecified atom stereocenters. The first-order valence-electron chi connectivity index (χ1n) is 7.72. The van der Waals surface area contributed by atoms with Crippen LogP contribution < -0.4 is 24.8 Å². The molecule has 0 heterocycles. The first-order chi connectivity index (χ1) is 10.2. The Kier molecular flexibility index (Phi) is 7.50. The van der Waals surface area contributed by atoms with Crippen LogP contribution in [0.25, 0.3) is 6.08 Å². The average Bonchev–Trinajstić information content (AvgIpc) is 3.12. The van der Waals surface area contributed by atoms with Crippen molar-refractivity contribution in [2.24, 2.45) is 5.92 Å². The van der Waals surface area contributed by atoms with Crippen molar-refractivity contribution in [1.82, 2.24) is 0 Å². The molecule has 0 radical (unpaired) electrons. The summed E-state index contributed by atoms with van der Waals surface area (Å²) in [6.07, 6.45) is 18.5. The normalized spacial score (nSPS) is 22.4. The number of hydrogen-bond donors (Lipinski definition) is 0. The molecule has 0 aromatic heterocycles. The van der Waals surface area contributed by atoms with Crippen LogP contribution in [0.2, 0.25) is 13.1 Å². The van der Waals surface area contributed by atoms with Crippen molar-refractivity contribution in [3.05, 3.63) is 88.7 Å². The van der Waals surface area contributed by atoms with Gasteiger partial charge >= 0.3 is 26.2 Å². The van der Waals surface area contributed by atoms with Gasteiger partial charge in [-0.3, -0.25) is 0 Å². The van der Waals surface area contributed by atoms with Gasteiger partial charge in [0.2, 0.25) is 0 Å². The minimum absolute atomic E-state index is 0. The van der Waals surface area contributed by atoms with E-state index in [1.54, 1.807) is 5.20 Å². The van der Waals surface area contributed by atoms with Crippen LogP contribution in [0.15, 0.2) is 77.6 Å². The molecule has 0 amide bonds. The minimum atomic E-state index is -1.56. The van der Waals surface area contributed by atoms with Crippen molar-refractivity contribution in [3.63, 3.8) is 0 Å². The van der Waals surface area contributed by atoms with Gasteiger partial charge in [0, 0.05) is 11.5 Å². The van der Waals surface area contributed by atoms with Gasteiger partial charge < -0.3 is 24.8 Å². The molecule has 3 aliphatic carbocycles. The predicted molar refractivity (Wildman–Crippen MR) is 93.6 cm³/mol. The van der Waals surface area contributed by atoms with Crippen molar-refractivity contribution in [1.29, 1.82) is 0 Å².